The molecule has 1 amide bonds. The molecule has 0 saturated carbocycles. The summed E-state index contributed by atoms with van der Waals surface area (Å²) in [5.74, 6) is 0.643. The van der Waals surface area contributed by atoms with Crippen LogP contribution in [-0.2, 0) is 4.79 Å². The molecule has 0 radical (unpaired) electrons. The van der Waals surface area contributed by atoms with Gasteiger partial charge in [0, 0.05) is 5.69 Å². The van der Waals surface area contributed by atoms with Crippen LogP contribution in [0.25, 0.3) is 0 Å². The van der Waals surface area contributed by atoms with Crippen molar-refractivity contribution in [3.8, 4) is 5.75 Å². The van der Waals surface area contributed by atoms with Crippen molar-refractivity contribution in [3.63, 3.8) is 0 Å². The molecule has 0 heterocycles. The van der Waals surface area contributed by atoms with Gasteiger partial charge in [-0.05, 0) is 37.1 Å². The molecule has 16 heavy (non-hydrogen) atoms. The van der Waals surface area contributed by atoms with Crippen LogP contribution in [0.3, 0.4) is 0 Å². The van der Waals surface area contributed by atoms with Crippen LogP contribution in [0.1, 0.15) is 18.9 Å². The average Bonchev–Trinajstić information content (AvgIpc) is 2.28. The molecule has 0 fully saturated rings. The Morgan fingerprint density at radius 3 is 2.75 bits per heavy atom. The molecule has 1 rings (SSSR count). The summed E-state index contributed by atoms with van der Waals surface area (Å²) < 4.78 is 5.14. The van der Waals surface area contributed by atoms with Gasteiger partial charge in [0.2, 0.25) is 5.91 Å². The number of rotatable bonds is 4. The topological polar surface area (TPSA) is 64.4 Å². The van der Waals surface area contributed by atoms with Crippen LogP contribution < -0.4 is 15.8 Å². The van der Waals surface area contributed by atoms with E-state index >= 15 is 0 Å². The molecule has 4 heteroatoms. The maximum Gasteiger partial charge on any atom is 0.241 e. The number of ether oxygens (including phenoxy) is 1. The average molecular weight is 222 g/mol. The van der Waals surface area contributed by atoms with Crippen molar-refractivity contribution in [2.75, 3.05) is 12.4 Å². The Balaban J connectivity index is 2.75. The Labute approximate surface area is 95.8 Å². The minimum atomic E-state index is -0.456. The van der Waals surface area contributed by atoms with Crippen molar-refractivity contribution in [2.24, 2.45) is 5.73 Å². The van der Waals surface area contributed by atoms with E-state index in [1.807, 2.05) is 26.0 Å². The van der Waals surface area contributed by atoms with Gasteiger partial charge < -0.3 is 15.8 Å². The van der Waals surface area contributed by atoms with E-state index in [9.17, 15) is 4.79 Å². The Kier molecular flexibility index (Phi) is 4.31. The lowest BCUT2D eigenvalue weighted by Crippen LogP contribution is -2.34. The Morgan fingerprint density at radius 1 is 1.56 bits per heavy atom. The number of amides is 1. The molecular formula is C12H18N2O2. The van der Waals surface area contributed by atoms with Crippen LogP contribution >= 0.6 is 0 Å². The van der Waals surface area contributed by atoms with E-state index in [2.05, 4.69) is 5.32 Å². The Morgan fingerprint density at radius 2 is 2.25 bits per heavy atom. The van der Waals surface area contributed by atoms with Gasteiger partial charge in [-0.1, -0.05) is 6.92 Å². The van der Waals surface area contributed by atoms with E-state index in [1.165, 1.54) is 0 Å². The maximum absolute atomic E-state index is 11.5. The number of nitrogens with two attached hydrogens (primary N) is 1. The highest BCUT2D eigenvalue weighted by Gasteiger charge is 2.11. The molecular weight excluding hydrogens is 204 g/mol. The molecule has 0 unspecified atom stereocenters. The van der Waals surface area contributed by atoms with Gasteiger partial charge >= 0.3 is 0 Å². The highest BCUT2D eigenvalue weighted by Crippen LogP contribution is 2.21. The normalized spacial score (nSPS) is 12.0. The second-order valence-corrected chi connectivity index (χ2v) is 3.69. The first-order valence-electron chi connectivity index (χ1n) is 5.29. The summed E-state index contributed by atoms with van der Waals surface area (Å²) in [7, 11) is 1.62. The number of carbonyl (C=O) groups is 1. The summed E-state index contributed by atoms with van der Waals surface area (Å²) in [6.45, 7) is 3.80. The minimum Gasteiger partial charge on any atom is -0.496 e. The molecule has 0 aromatic heterocycles. The van der Waals surface area contributed by atoms with E-state index in [1.54, 1.807) is 13.2 Å². The second kappa shape index (κ2) is 5.51. The van der Waals surface area contributed by atoms with E-state index in [0.717, 1.165) is 17.0 Å². The number of aryl methyl sites for hydroxylation is 1. The number of benzene rings is 1. The summed E-state index contributed by atoms with van der Waals surface area (Å²) in [5.41, 5.74) is 7.34. The molecule has 0 spiro atoms. The molecule has 0 aliphatic rings. The van der Waals surface area contributed by atoms with Crippen LogP contribution in [-0.4, -0.2) is 19.1 Å². The Bertz CT molecular complexity index is 377. The summed E-state index contributed by atoms with van der Waals surface area (Å²) in [5, 5.41) is 2.77. The van der Waals surface area contributed by atoms with E-state index < -0.39 is 6.04 Å². The van der Waals surface area contributed by atoms with E-state index in [-0.39, 0.29) is 5.91 Å². The summed E-state index contributed by atoms with van der Waals surface area (Å²) in [4.78, 5) is 11.5. The summed E-state index contributed by atoms with van der Waals surface area (Å²) in [6.07, 6.45) is 0.626. The highest BCUT2D eigenvalue weighted by molar-refractivity contribution is 5.94. The van der Waals surface area contributed by atoms with Crippen LogP contribution in [0.4, 0.5) is 5.69 Å². The molecule has 4 nitrogen and oxygen atoms in total. The van der Waals surface area contributed by atoms with Gasteiger partial charge in [0.25, 0.3) is 0 Å². The Hall–Kier alpha value is -1.55. The first kappa shape index (κ1) is 12.5. The van der Waals surface area contributed by atoms with Gasteiger partial charge in [-0.2, -0.15) is 0 Å². The molecule has 1 aromatic carbocycles. The number of methoxy groups -OCH3 is 1. The molecule has 0 aliphatic heterocycles. The first-order valence-corrected chi connectivity index (χ1v) is 5.29. The zero-order valence-corrected chi connectivity index (χ0v) is 9.91. The van der Waals surface area contributed by atoms with E-state index in [0.29, 0.717) is 6.42 Å². The minimum absolute atomic E-state index is 0.160. The van der Waals surface area contributed by atoms with E-state index in [4.69, 9.17) is 10.5 Å². The lowest BCUT2D eigenvalue weighted by Gasteiger charge is -2.11. The third kappa shape index (κ3) is 2.97. The van der Waals surface area contributed by atoms with Crippen molar-refractivity contribution in [3.05, 3.63) is 23.8 Å². The van der Waals surface area contributed by atoms with Crippen molar-refractivity contribution in [2.45, 2.75) is 26.3 Å². The number of anilines is 1. The van der Waals surface area contributed by atoms with Crippen LogP contribution in [0.15, 0.2) is 18.2 Å². The van der Waals surface area contributed by atoms with Gasteiger partial charge in [-0.3, -0.25) is 4.79 Å². The van der Waals surface area contributed by atoms with Gasteiger partial charge in [-0.15, -0.1) is 0 Å². The number of hydrogen-bond donors (Lipinski definition) is 2. The molecule has 0 saturated heterocycles. The third-order valence-electron chi connectivity index (χ3n) is 2.44. The summed E-state index contributed by atoms with van der Waals surface area (Å²) in [6, 6.07) is 5.02. The fourth-order valence-electron chi connectivity index (χ4n) is 1.38. The zero-order valence-electron chi connectivity index (χ0n) is 9.91. The fourth-order valence-corrected chi connectivity index (χ4v) is 1.38. The fraction of sp³-hybridized carbons (Fsp3) is 0.417. The molecule has 0 bridgehead atoms. The highest BCUT2D eigenvalue weighted by atomic mass is 16.5. The molecule has 88 valence electrons. The van der Waals surface area contributed by atoms with Crippen molar-refractivity contribution in [1.29, 1.82) is 0 Å². The number of carbonyl (C=O) groups excluding carboxylic acids is 1. The number of nitrogens with one attached hydrogen (secondary N) is 1. The molecule has 0 aliphatic carbocycles. The van der Waals surface area contributed by atoms with Gasteiger partial charge in [-0.25, -0.2) is 0 Å². The van der Waals surface area contributed by atoms with Crippen molar-refractivity contribution in [1.82, 2.24) is 0 Å². The molecule has 1 aromatic rings. The molecule has 1 atom stereocenters. The van der Waals surface area contributed by atoms with Gasteiger partial charge in [0.1, 0.15) is 5.75 Å². The lowest BCUT2D eigenvalue weighted by atomic mass is 10.2. The second-order valence-electron chi connectivity index (χ2n) is 3.69. The maximum atomic E-state index is 11.5. The molecule has 3 N–H and O–H groups in total. The first-order chi connectivity index (χ1) is 7.58. The van der Waals surface area contributed by atoms with Gasteiger partial charge in [0.05, 0.1) is 13.2 Å². The predicted molar refractivity (Wildman–Crippen MR) is 64.6 cm³/mol. The standard InChI is InChI=1S/C12H18N2O2/c1-4-10(13)12(15)14-9-5-6-11(16-3)8(2)7-9/h5-7,10H,4,13H2,1-3H3,(H,14,15)/t10-/m0/s1. The van der Waals surface area contributed by atoms with Crippen LogP contribution in [0.5, 0.6) is 5.75 Å². The van der Waals surface area contributed by atoms with Crippen molar-refractivity contribution < 1.29 is 9.53 Å². The van der Waals surface area contributed by atoms with Gasteiger partial charge in [0.15, 0.2) is 0 Å². The quantitative estimate of drug-likeness (QED) is 0.814. The lowest BCUT2D eigenvalue weighted by molar-refractivity contribution is -0.117. The smallest absolute Gasteiger partial charge is 0.241 e. The monoisotopic (exact) mass is 222 g/mol. The van der Waals surface area contributed by atoms with Crippen LogP contribution in [0, 0.1) is 6.92 Å². The number of hydrogen-bond acceptors (Lipinski definition) is 3. The SMILES string of the molecule is CC[C@H](N)C(=O)Nc1ccc(OC)c(C)c1. The summed E-state index contributed by atoms with van der Waals surface area (Å²) >= 11 is 0. The largest absolute Gasteiger partial charge is 0.496 e. The van der Waals surface area contributed by atoms with Crippen molar-refractivity contribution >= 4 is 11.6 Å². The third-order valence-corrected chi connectivity index (χ3v) is 2.44. The predicted octanol–water partition coefficient (Wildman–Crippen LogP) is 1.68. The zero-order chi connectivity index (χ0) is 12.1. The van der Waals surface area contributed by atoms with Crippen LogP contribution in [0.2, 0.25) is 0 Å².